The zero-order valence-corrected chi connectivity index (χ0v) is 16.3. The largest absolute Gasteiger partial charge is 0.458 e. The summed E-state index contributed by atoms with van der Waals surface area (Å²) in [5.41, 5.74) is -0.0418. The number of halogens is 1. The minimum atomic E-state index is -0.530. The highest BCUT2D eigenvalue weighted by Crippen LogP contribution is 2.38. The Labute approximate surface area is 152 Å². The number of nitrogens with one attached hydrogen (secondary N) is 1. The van der Waals surface area contributed by atoms with E-state index in [1.54, 1.807) is 6.20 Å². The maximum atomic E-state index is 12.1. The summed E-state index contributed by atoms with van der Waals surface area (Å²) in [5.74, 6) is -0.336. The molecule has 134 valence electrons. The average Bonchev–Trinajstić information content (AvgIpc) is 2.46. The van der Waals surface area contributed by atoms with Crippen LogP contribution in [0.3, 0.4) is 0 Å². The molecule has 2 rings (SSSR count). The van der Waals surface area contributed by atoms with Crippen LogP contribution in [0.1, 0.15) is 52.0 Å². The van der Waals surface area contributed by atoms with Crippen molar-refractivity contribution in [2.75, 3.05) is 19.7 Å². The van der Waals surface area contributed by atoms with Crippen molar-refractivity contribution in [2.24, 2.45) is 0 Å². The third-order valence-electron chi connectivity index (χ3n) is 4.03. The van der Waals surface area contributed by atoms with Gasteiger partial charge in [0.25, 0.3) is 0 Å². The summed E-state index contributed by atoms with van der Waals surface area (Å²) in [5, 5.41) is 3.43. The normalized spacial score (nSPS) is 22.5. The van der Waals surface area contributed by atoms with E-state index in [0.717, 1.165) is 48.9 Å². The molecule has 24 heavy (non-hydrogen) atoms. The van der Waals surface area contributed by atoms with E-state index in [0.29, 0.717) is 0 Å². The molecule has 0 spiro atoms. The highest BCUT2D eigenvalue weighted by Gasteiger charge is 2.36. The van der Waals surface area contributed by atoms with Crippen LogP contribution in [-0.4, -0.2) is 36.3 Å². The van der Waals surface area contributed by atoms with Crippen LogP contribution in [0.2, 0.25) is 0 Å². The quantitative estimate of drug-likeness (QED) is 0.620. The molecule has 2 heterocycles. The number of esters is 1. The molecule has 5 nitrogen and oxygen atoms in total. The molecule has 1 fully saturated rings. The molecule has 1 aliphatic rings. The molecule has 0 aliphatic carbocycles. The van der Waals surface area contributed by atoms with Gasteiger partial charge in [-0.15, -0.1) is 0 Å². The fourth-order valence-electron chi connectivity index (χ4n) is 2.99. The Morgan fingerprint density at radius 1 is 1.33 bits per heavy atom. The molecule has 0 bridgehead atoms. The third-order valence-corrected chi connectivity index (χ3v) is 4.66. The maximum absolute atomic E-state index is 12.1. The number of hydrogen-bond acceptors (Lipinski definition) is 5. The van der Waals surface area contributed by atoms with E-state index < -0.39 is 11.2 Å². The molecular weight excluding hydrogens is 372 g/mol. The van der Waals surface area contributed by atoms with Gasteiger partial charge in [-0.1, -0.05) is 6.07 Å². The van der Waals surface area contributed by atoms with E-state index in [2.05, 4.69) is 26.2 Å². The summed E-state index contributed by atoms with van der Waals surface area (Å²) in [6, 6.07) is 3.93. The number of ether oxygens (including phenoxy) is 2. The number of hydrogen-bond donors (Lipinski definition) is 1. The Balaban J connectivity index is 2.19. The molecular formula is C18H27BrN2O3. The van der Waals surface area contributed by atoms with Crippen LogP contribution in [0, 0.1) is 0 Å². The lowest BCUT2D eigenvalue weighted by atomic mass is 9.85. The van der Waals surface area contributed by atoms with E-state index >= 15 is 0 Å². The summed E-state index contributed by atoms with van der Waals surface area (Å²) in [6.45, 7) is 7.39. The van der Waals surface area contributed by atoms with Gasteiger partial charge in [0.1, 0.15) is 16.8 Å². The zero-order chi connectivity index (χ0) is 17.6. The lowest BCUT2D eigenvalue weighted by Gasteiger charge is -2.36. The van der Waals surface area contributed by atoms with E-state index in [1.807, 2.05) is 32.9 Å². The molecule has 1 aliphatic heterocycles. The van der Waals surface area contributed by atoms with E-state index in [9.17, 15) is 4.79 Å². The zero-order valence-electron chi connectivity index (χ0n) is 14.7. The standard InChI is InChI=1S/C18H27BrN2O3/c1-17(2,3)24-15(22)13-23-18(8-4-5-10-20-12-9-18)14-7-6-11-21-16(14)19/h6-7,11,20H,4-5,8-10,12-13H2,1-3H3. The van der Waals surface area contributed by atoms with Crippen LogP contribution in [-0.2, 0) is 19.9 Å². The van der Waals surface area contributed by atoms with Crippen molar-refractivity contribution in [3.63, 3.8) is 0 Å². The molecule has 0 aromatic carbocycles. The van der Waals surface area contributed by atoms with Gasteiger partial charge in [0, 0.05) is 11.8 Å². The number of pyridine rings is 1. The molecule has 0 amide bonds. The second-order valence-electron chi connectivity index (χ2n) is 7.17. The molecule has 1 atom stereocenters. The van der Waals surface area contributed by atoms with Crippen molar-refractivity contribution >= 4 is 21.9 Å². The van der Waals surface area contributed by atoms with Gasteiger partial charge in [-0.05, 0) is 81.5 Å². The van der Waals surface area contributed by atoms with Crippen LogP contribution in [0.15, 0.2) is 22.9 Å². The summed E-state index contributed by atoms with van der Waals surface area (Å²) >= 11 is 3.54. The molecule has 0 saturated carbocycles. The summed E-state index contributed by atoms with van der Waals surface area (Å²) < 4.78 is 12.4. The van der Waals surface area contributed by atoms with E-state index in [4.69, 9.17) is 9.47 Å². The second kappa shape index (κ2) is 8.41. The van der Waals surface area contributed by atoms with Crippen LogP contribution < -0.4 is 5.32 Å². The average molecular weight is 399 g/mol. The summed E-state index contributed by atoms with van der Waals surface area (Å²) in [7, 11) is 0. The molecule has 1 N–H and O–H groups in total. The first kappa shape index (κ1) is 19.3. The van der Waals surface area contributed by atoms with Crippen molar-refractivity contribution in [1.29, 1.82) is 0 Å². The number of carbonyl (C=O) groups excluding carboxylic acids is 1. The van der Waals surface area contributed by atoms with Crippen LogP contribution in [0.5, 0.6) is 0 Å². The lowest BCUT2D eigenvalue weighted by molar-refractivity contribution is -0.169. The summed E-state index contributed by atoms with van der Waals surface area (Å²) in [4.78, 5) is 16.5. The van der Waals surface area contributed by atoms with Gasteiger partial charge < -0.3 is 14.8 Å². The SMILES string of the molecule is CC(C)(C)OC(=O)COC1(c2cccnc2Br)CCCCNCC1. The van der Waals surface area contributed by atoms with Gasteiger partial charge in [-0.25, -0.2) is 9.78 Å². The smallest absolute Gasteiger partial charge is 0.332 e. The lowest BCUT2D eigenvalue weighted by Crippen LogP contribution is -2.39. The molecule has 1 saturated heterocycles. The molecule has 1 unspecified atom stereocenters. The Kier molecular flexibility index (Phi) is 6.78. The maximum Gasteiger partial charge on any atom is 0.332 e. The van der Waals surface area contributed by atoms with Gasteiger partial charge in [-0.3, -0.25) is 0 Å². The predicted molar refractivity (Wildman–Crippen MR) is 96.7 cm³/mol. The Bertz CT molecular complexity index is 549. The Morgan fingerprint density at radius 2 is 2.12 bits per heavy atom. The minimum absolute atomic E-state index is 0.0569. The molecule has 1 aromatic heterocycles. The van der Waals surface area contributed by atoms with E-state index in [1.165, 1.54) is 0 Å². The van der Waals surface area contributed by atoms with Crippen molar-refractivity contribution in [2.45, 2.75) is 57.7 Å². The number of nitrogens with zero attached hydrogens (tertiary/aromatic N) is 1. The topological polar surface area (TPSA) is 60.5 Å². The Hall–Kier alpha value is -0.980. The van der Waals surface area contributed by atoms with E-state index in [-0.39, 0.29) is 12.6 Å². The van der Waals surface area contributed by atoms with Gasteiger partial charge in [0.15, 0.2) is 0 Å². The van der Waals surface area contributed by atoms with Gasteiger partial charge in [-0.2, -0.15) is 0 Å². The third kappa shape index (κ3) is 5.53. The fourth-order valence-corrected chi connectivity index (χ4v) is 3.60. The van der Waals surface area contributed by atoms with Crippen LogP contribution in [0.25, 0.3) is 0 Å². The first-order valence-corrected chi connectivity index (χ1v) is 9.29. The monoisotopic (exact) mass is 398 g/mol. The first-order chi connectivity index (χ1) is 11.3. The van der Waals surface area contributed by atoms with Crippen molar-refractivity contribution in [3.8, 4) is 0 Å². The van der Waals surface area contributed by atoms with Crippen LogP contribution in [0.4, 0.5) is 0 Å². The Morgan fingerprint density at radius 3 is 2.83 bits per heavy atom. The number of rotatable bonds is 4. The summed E-state index contributed by atoms with van der Waals surface area (Å²) in [6.07, 6.45) is 5.52. The highest BCUT2D eigenvalue weighted by molar-refractivity contribution is 9.10. The highest BCUT2D eigenvalue weighted by atomic mass is 79.9. The van der Waals surface area contributed by atoms with Gasteiger partial charge in [0.2, 0.25) is 0 Å². The second-order valence-corrected chi connectivity index (χ2v) is 7.92. The fraction of sp³-hybridized carbons (Fsp3) is 0.667. The van der Waals surface area contributed by atoms with Crippen molar-refractivity contribution in [3.05, 3.63) is 28.5 Å². The van der Waals surface area contributed by atoms with Gasteiger partial charge >= 0.3 is 5.97 Å². The predicted octanol–water partition coefficient (Wildman–Crippen LogP) is 3.56. The molecule has 0 radical (unpaired) electrons. The van der Waals surface area contributed by atoms with Crippen molar-refractivity contribution in [1.82, 2.24) is 10.3 Å². The molecule has 1 aromatic rings. The first-order valence-electron chi connectivity index (χ1n) is 8.50. The number of aromatic nitrogens is 1. The molecule has 6 heteroatoms. The van der Waals surface area contributed by atoms with Crippen molar-refractivity contribution < 1.29 is 14.3 Å². The van der Waals surface area contributed by atoms with Crippen LogP contribution >= 0.6 is 15.9 Å². The minimum Gasteiger partial charge on any atom is -0.458 e. The number of carbonyl (C=O) groups is 1. The van der Waals surface area contributed by atoms with Gasteiger partial charge in [0.05, 0.1) is 5.60 Å².